The number of benzene rings is 1. The highest BCUT2D eigenvalue weighted by molar-refractivity contribution is 7.17. The van der Waals surface area contributed by atoms with E-state index in [9.17, 15) is 9.59 Å². The molecule has 5 nitrogen and oxygen atoms in total. The van der Waals surface area contributed by atoms with E-state index < -0.39 is 6.10 Å². The van der Waals surface area contributed by atoms with E-state index in [0.29, 0.717) is 17.2 Å². The van der Waals surface area contributed by atoms with Crippen LogP contribution < -0.4 is 10.6 Å². The predicted octanol–water partition coefficient (Wildman–Crippen LogP) is 3.92. The van der Waals surface area contributed by atoms with Gasteiger partial charge in [0.1, 0.15) is 11.1 Å². The molecule has 2 aromatic rings. The van der Waals surface area contributed by atoms with Crippen LogP contribution in [-0.2, 0) is 22.4 Å². The van der Waals surface area contributed by atoms with E-state index in [1.54, 1.807) is 0 Å². The fourth-order valence-corrected chi connectivity index (χ4v) is 4.90. The van der Waals surface area contributed by atoms with E-state index >= 15 is 0 Å². The average molecular weight is 370 g/mol. The molecule has 2 amide bonds. The van der Waals surface area contributed by atoms with E-state index in [4.69, 9.17) is 4.74 Å². The molecular formula is C20H22N2O3S. The predicted molar refractivity (Wildman–Crippen MR) is 103 cm³/mol. The number of aryl methyl sites for hydroxylation is 2. The largest absolute Gasteiger partial charge is 0.368 e. The van der Waals surface area contributed by atoms with Gasteiger partial charge in [0.25, 0.3) is 11.8 Å². The van der Waals surface area contributed by atoms with E-state index in [1.807, 2.05) is 31.2 Å². The van der Waals surface area contributed by atoms with E-state index in [2.05, 4.69) is 10.6 Å². The van der Waals surface area contributed by atoms with Gasteiger partial charge in [0.05, 0.1) is 5.56 Å². The number of carbonyl (C=O) groups excluding carboxylic acids is 2. The van der Waals surface area contributed by atoms with Crippen molar-refractivity contribution in [2.24, 2.45) is 0 Å². The highest BCUT2D eigenvalue weighted by Crippen LogP contribution is 2.39. The van der Waals surface area contributed by atoms with Gasteiger partial charge in [0, 0.05) is 17.2 Å². The molecule has 1 fully saturated rings. The number of rotatable bonds is 4. The molecule has 0 saturated carbocycles. The third kappa shape index (κ3) is 3.27. The van der Waals surface area contributed by atoms with Crippen LogP contribution >= 0.6 is 11.3 Å². The Balaban J connectivity index is 1.61. The monoisotopic (exact) mass is 370 g/mol. The van der Waals surface area contributed by atoms with Crippen molar-refractivity contribution < 1.29 is 14.3 Å². The van der Waals surface area contributed by atoms with Gasteiger partial charge in [0.2, 0.25) is 0 Å². The van der Waals surface area contributed by atoms with Gasteiger partial charge >= 0.3 is 0 Å². The van der Waals surface area contributed by atoms with Crippen molar-refractivity contribution >= 4 is 33.8 Å². The third-order valence-electron chi connectivity index (χ3n) is 5.00. The van der Waals surface area contributed by atoms with Crippen molar-refractivity contribution in [1.82, 2.24) is 0 Å². The van der Waals surface area contributed by atoms with Crippen molar-refractivity contribution in [2.45, 2.75) is 45.1 Å². The first kappa shape index (κ1) is 17.2. The topological polar surface area (TPSA) is 67.4 Å². The first-order chi connectivity index (χ1) is 12.6. The number of carbonyl (C=O) groups is 2. The van der Waals surface area contributed by atoms with Gasteiger partial charge in [0.15, 0.2) is 0 Å². The molecule has 1 aromatic heterocycles. The summed E-state index contributed by atoms with van der Waals surface area (Å²) in [6, 6.07) is 7.71. The van der Waals surface area contributed by atoms with Crippen LogP contribution in [-0.4, -0.2) is 24.5 Å². The van der Waals surface area contributed by atoms with Crippen LogP contribution in [0.4, 0.5) is 10.7 Å². The molecule has 2 N–H and O–H groups in total. The number of hydrogen-bond acceptors (Lipinski definition) is 4. The Morgan fingerprint density at radius 3 is 2.77 bits per heavy atom. The molecule has 0 radical (unpaired) electrons. The second-order valence-corrected chi connectivity index (χ2v) is 7.93. The summed E-state index contributed by atoms with van der Waals surface area (Å²) in [7, 11) is 0. The first-order valence-corrected chi connectivity index (χ1v) is 9.89. The lowest BCUT2D eigenvalue weighted by Gasteiger charge is -2.13. The molecule has 6 heteroatoms. The van der Waals surface area contributed by atoms with Crippen LogP contribution in [0.2, 0.25) is 0 Å². The van der Waals surface area contributed by atoms with Crippen molar-refractivity contribution in [1.29, 1.82) is 0 Å². The SMILES string of the molecule is Cc1ccccc1NC(=O)c1c(NC(=O)[C@@H]2CCCO2)sc2c1CCC2. The minimum atomic E-state index is -0.404. The van der Waals surface area contributed by atoms with Crippen LogP contribution in [0.1, 0.15) is 45.6 Å². The zero-order chi connectivity index (χ0) is 18.1. The van der Waals surface area contributed by atoms with E-state index in [0.717, 1.165) is 48.9 Å². The van der Waals surface area contributed by atoms with Gasteiger partial charge in [-0.15, -0.1) is 11.3 Å². The van der Waals surface area contributed by atoms with E-state index in [1.165, 1.54) is 16.2 Å². The molecule has 2 aliphatic rings. The summed E-state index contributed by atoms with van der Waals surface area (Å²) in [5.74, 6) is -0.297. The number of anilines is 2. The Morgan fingerprint density at radius 2 is 2.00 bits per heavy atom. The maximum Gasteiger partial charge on any atom is 0.258 e. The third-order valence-corrected chi connectivity index (χ3v) is 6.21. The number of nitrogens with one attached hydrogen (secondary N) is 2. The van der Waals surface area contributed by atoms with Gasteiger partial charge in [-0.25, -0.2) is 0 Å². The fourth-order valence-electron chi connectivity index (χ4n) is 3.61. The highest BCUT2D eigenvalue weighted by atomic mass is 32.1. The molecule has 0 bridgehead atoms. The van der Waals surface area contributed by atoms with Gasteiger partial charge < -0.3 is 15.4 Å². The zero-order valence-corrected chi connectivity index (χ0v) is 15.6. The molecule has 1 atom stereocenters. The molecule has 1 aromatic carbocycles. The van der Waals surface area contributed by atoms with Gasteiger partial charge in [-0.05, 0) is 56.2 Å². The van der Waals surface area contributed by atoms with E-state index in [-0.39, 0.29) is 11.8 Å². The maximum absolute atomic E-state index is 13.0. The summed E-state index contributed by atoms with van der Waals surface area (Å²) in [5, 5.41) is 6.62. The van der Waals surface area contributed by atoms with Crippen molar-refractivity contribution in [2.75, 3.05) is 17.2 Å². The van der Waals surface area contributed by atoms with Crippen LogP contribution in [0, 0.1) is 6.92 Å². The second kappa shape index (κ2) is 7.21. The Bertz CT molecular complexity index is 853. The number of thiophene rings is 1. The quantitative estimate of drug-likeness (QED) is 0.857. The lowest BCUT2D eigenvalue weighted by molar-refractivity contribution is -0.124. The Kier molecular flexibility index (Phi) is 4.78. The van der Waals surface area contributed by atoms with Gasteiger partial charge in [-0.1, -0.05) is 18.2 Å². The molecule has 2 heterocycles. The normalized spacial score (nSPS) is 18.6. The molecule has 1 aliphatic carbocycles. The number of para-hydroxylation sites is 1. The first-order valence-electron chi connectivity index (χ1n) is 9.07. The number of amides is 2. The van der Waals surface area contributed by atoms with Crippen LogP contribution in [0.3, 0.4) is 0 Å². The van der Waals surface area contributed by atoms with Gasteiger partial charge in [-0.3, -0.25) is 9.59 Å². The summed E-state index contributed by atoms with van der Waals surface area (Å²) in [6.45, 7) is 2.59. The summed E-state index contributed by atoms with van der Waals surface area (Å²) in [5.41, 5.74) is 3.52. The van der Waals surface area contributed by atoms with Crippen LogP contribution in [0.5, 0.6) is 0 Å². The Hall–Kier alpha value is -2.18. The minimum Gasteiger partial charge on any atom is -0.368 e. The number of ether oxygens (including phenoxy) is 1. The standard InChI is InChI=1S/C20H22N2O3S/c1-12-6-2-3-8-14(12)21-19(24)17-13-7-4-10-16(13)26-20(17)22-18(23)15-9-5-11-25-15/h2-3,6,8,15H,4-5,7,9-11H2,1H3,(H,21,24)(H,22,23)/t15-/m0/s1. The summed E-state index contributed by atoms with van der Waals surface area (Å²) in [6.07, 6.45) is 4.16. The summed E-state index contributed by atoms with van der Waals surface area (Å²) in [4.78, 5) is 26.7. The second-order valence-electron chi connectivity index (χ2n) is 6.82. The lowest BCUT2D eigenvalue weighted by atomic mass is 10.1. The average Bonchev–Trinajstić information content (AvgIpc) is 3.33. The van der Waals surface area contributed by atoms with Crippen LogP contribution in [0.25, 0.3) is 0 Å². The number of hydrogen-bond donors (Lipinski definition) is 2. The molecule has 1 saturated heterocycles. The molecule has 136 valence electrons. The maximum atomic E-state index is 13.0. The van der Waals surface area contributed by atoms with Crippen LogP contribution in [0.15, 0.2) is 24.3 Å². The van der Waals surface area contributed by atoms with Crippen molar-refractivity contribution in [3.05, 3.63) is 45.8 Å². The minimum absolute atomic E-state index is 0.146. The molecule has 26 heavy (non-hydrogen) atoms. The zero-order valence-electron chi connectivity index (χ0n) is 14.8. The smallest absolute Gasteiger partial charge is 0.258 e. The summed E-state index contributed by atoms with van der Waals surface area (Å²) < 4.78 is 5.47. The number of fused-ring (bicyclic) bond motifs is 1. The summed E-state index contributed by atoms with van der Waals surface area (Å²) >= 11 is 1.53. The van der Waals surface area contributed by atoms with Crippen molar-refractivity contribution in [3.8, 4) is 0 Å². The van der Waals surface area contributed by atoms with Crippen molar-refractivity contribution in [3.63, 3.8) is 0 Å². The lowest BCUT2D eigenvalue weighted by Crippen LogP contribution is -2.27. The molecular weight excluding hydrogens is 348 g/mol. The molecule has 0 spiro atoms. The van der Waals surface area contributed by atoms with Gasteiger partial charge in [-0.2, -0.15) is 0 Å². The fraction of sp³-hybridized carbons (Fsp3) is 0.400. The highest BCUT2D eigenvalue weighted by Gasteiger charge is 2.30. The molecule has 0 unspecified atom stereocenters. The molecule has 1 aliphatic heterocycles. The molecule has 4 rings (SSSR count). The Morgan fingerprint density at radius 1 is 1.15 bits per heavy atom. The Labute approximate surface area is 156 Å².